The van der Waals surface area contributed by atoms with Gasteiger partial charge in [0.25, 0.3) is 5.56 Å². The van der Waals surface area contributed by atoms with E-state index in [0.29, 0.717) is 55.4 Å². The van der Waals surface area contributed by atoms with Crippen molar-refractivity contribution in [2.75, 3.05) is 11.4 Å². The number of carbonyl (C=O) groups excluding carboxylic acids is 1. The molecule has 0 bridgehead atoms. The van der Waals surface area contributed by atoms with Crippen LogP contribution in [-0.2, 0) is 24.3 Å². The summed E-state index contributed by atoms with van der Waals surface area (Å²) < 4.78 is 3.46. The van der Waals surface area contributed by atoms with Gasteiger partial charge in [0.05, 0.1) is 0 Å². The lowest BCUT2D eigenvalue weighted by Crippen LogP contribution is -2.36. The van der Waals surface area contributed by atoms with E-state index in [9.17, 15) is 14.4 Å². The lowest BCUT2D eigenvalue weighted by Gasteiger charge is -2.33. The highest BCUT2D eigenvalue weighted by atomic mass is 16.2. The Balaban J connectivity index is 1.67. The molecule has 4 rings (SSSR count). The molecule has 0 aliphatic carbocycles. The van der Waals surface area contributed by atoms with E-state index < -0.39 is 11.2 Å². The van der Waals surface area contributed by atoms with Crippen molar-refractivity contribution in [1.29, 1.82) is 0 Å². The number of imidazole rings is 1. The second kappa shape index (κ2) is 9.99. The van der Waals surface area contributed by atoms with E-state index in [4.69, 9.17) is 4.98 Å². The normalized spacial score (nSPS) is 15.8. The van der Waals surface area contributed by atoms with Gasteiger partial charge in [-0.25, -0.2) is 9.78 Å². The fourth-order valence-corrected chi connectivity index (χ4v) is 4.86. The molecule has 0 saturated carbocycles. The maximum Gasteiger partial charge on any atom is 0.330 e. The predicted octanol–water partition coefficient (Wildman–Crippen LogP) is 3.82. The van der Waals surface area contributed by atoms with Gasteiger partial charge in [-0.1, -0.05) is 52.3 Å². The monoisotopic (exact) mass is 465 g/mol. The van der Waals surface area contributed by atoms with Gasteiger partial charge in [-0.3, -0.25) is 19.1 Å². The summed E-state index contributed by atoms with van der Waals surface area (Å²) in [6.07, 6.45) is 3.39. The number of H-pyrrole nitrogens is 1. The highest BCUT2D eigenvalue weighted by molar-refractivity contribution is 5.94. The van der Waals surface area contributed by atoms with Gasteiger partial charge in [0.2, 0.25) is 5.91 Å². The minimum atomic E-state index is -0.429. The lowest BCUT2D eigenvalue weighted by atomic mass is 9.91. The van der Waals surface area contributed by atoms with Gasteiger partial charge in [0.15, 0.2) is 11.2 Å². The minimum Gasteiger partial charge on any atom is -0.322 e. The molecule has 2 aromatic heterocycles. The van der Waals surface area contributed by atoms with Gasteiger partial charge in [-0.2, -0.15) is 0 Å². The van der Waals surface area contributed by atoms with E-state index in [2.05, 4.69) is 38.7 Å². The van der Waals surface area contributed by atoms with E-state index in [1.54, 1.807) is 4.57 Å². The van der Waals surface area contributed by atoms with Crippen LogP contribution in [0, 0.1) is 5.92 Å². The Kier molecular flexibility index (Phi) is 7.05. The molecule has 0 saturated heterocycles. The molecule has 1 unspecified atom stereocenters. The Labute approximate surface area is 199 Å². The third-order valence-corrected chi connectivity index (χ3v) is 6.66. The fourth-order valence-electron chi connectivity index (χ4n) is 4.86. The second-order valence-electron chi connectivity index (χ2n) is 9.76. The van der Waals surface area contributed by atoms with Crippen molar-refractivity contribution >= 4 is 22.8 Å². The van der Waals surface area contributed by atoms with Crippen molar-refractivity contribution in [3.05, 3.63) is 56.5 Å². The van der Waals surface area contributed by atoms with E-state index >= 15 is 0 Å². The largest absolute Gasteiger partial charge is 0.330 e. The standard InChI is InChI=1S/C26H35N5O3/c1-5-6-14-30-24-23(25(33)28-26(30)34)31(16-17(2)3)21(27-24)11-12-22(32)29-15-13-18(4)19-9-7-8-10-20(19)29/h7-10,17-18H,5-6,11-16H2,1-4H3,(H,28,33,34). The molecule has 3 aromatic rings. The number of fused-ring (bicyclic) bond motifs is 2. The third-order valence-electron chi connectivity index (χ3n) is 6.66. The summed E-state index contributed by atoms with van der Waals surface area (Å²) in [5.41, 5.74) is 2.19. The molecule has 8 heteroatoms. The predicted molar refractivity (Wildman–Crippen MR) is 135 cm³/mol. The molecule has 1 aliphatic heterocycles. The molecule has 34 heavy (non-hydrogen) atoms. The molecule has 1 N–H and O–H groups in total. The molecule has 0 spiro atoms. The Morgan fingerprint density at radius 3 is 2.71 bits per heavy atom. The maximum atomic E-state index is 13.3. The molecule has 1 atom stereocenters. The van der Waals surface area contributed by atoms with Gasteiger partial charge in [-0.15, -0.1) is 0 Å². The van der Waals surface area contributed by atoms with E-state index in [-0.39, 0.29) is 11.8 Å². The first-order valence-electron chi connectivity index (χ1n) is 12.4. The Hall–Kier alpha value is -3.16. The number of hydrogen-bond acceptors (Lipinski definition) is 4. The summed E-state index contributed by atoms with van der Waals surface area (Å²) in [5.74, 6) is 1.44. The maximum absolute atomic E-state index is 13.3. The number of anilines is 1. The number of unbranched alkanes of at least 4 members (excludes halogenated alkanes) is 1. The summed E-state index contributed by atoms with van der Waals surface area (Å²) in [6.45, 7) is 10.2. The van der Waals surface area contributed by atoms with Crippen LogP contribution in [0.1, 0.15) is 70.7 Å². The van der Waals surface area contributed by atoms with Crippen LogP contribution in [0.2, 0.25) is 0 Å². The number of nitrogens with zero attached hydrogens (tertiary/aromatic N) is 4. The van der Waals surface area contributed by atoms with Gasteiger partial charge >= 0.3 is 5.69 Å². The number of aryl methyl sites for hydroxylation is 2. The van der Waals surface area contributed by atoms with Gasteiger partial charge in [0.1, 0.15) is 5.82 Å². The minimum absolute atomic E-state index is 0.0554. The summed E-state index contributed by atoms with van der Waals surface area (Å²) in [6, 6.07) is 8.11. The van der Waals surface area contributed by atoms with Crippen molar-refractivity contribution in [3.8, 4) is 0 Å². The second-order valence-corrected chi connectivity index (χ2v) is 9.76. The molecule has 8 nitrogen and oxygen atoms in total. The van der Waals surface area contributed by atoms with Crippen LogP contribution in [0.4, 0.5) is 5.69 Å². The number of aromatic nitrogens is 4. The first kappa shape index (κ1) is 24.0. The van der Waals surface area contributed by atoms with Gasteiger partial charge in [0, 0.05) is 38.2 Å². The van der Waals surface area contributed by atoms with Crippen LogP contribution in [-0.4, -0.2) is 31.6 Å². The summed E-state index contributed by atoms with van der Waals surface area (Å²) in [7, 11) is 0. The molecule has 1 aliphatic rings. The molecule has 1 amide bonds. The van der Waals surface area contributed by atoms with Crippen LogP contribution in [0.25, 0.3) is 11.2 Å². The van der Waals surface area contributed by atoms with Crippen LogP contribution in [0.3, 0.4) is 0 Å². The number of para-hydroxylation sites is 1. The molecule has 1 aromatic carbocycles. The molecular formula is C26H35N5O3. The number of amides is 1. The smallest absolute Gasteiger partial charge is 0.322 e. The highest BCUT2D eigenvalue weighted by Gasteiger charge is 2.27. The van der Waals surface area contributed by atoms with Crippen LogP contribution >= 0.6 is 0 Å². The Morgan fingerprint density at radius 1 is 1.21 bits per heavy atom. The van der Waals surface area contributed by atoms with Crippen molar-refractivity contribution in [2.24, 2.45) is 5.92 Å². The first-order chi connectivity index (χ1) is 16.3. The zero-order valence-corrected chi connectivity index (χ0v) is 20.6. The molecular weight excluding hydrogens is 430 g/mol. The number of rotatable bonds is 8. The third kappa shape index (κ3) is 4.58. The number of aromatic amines is 1. The van der Waals surface area contributed by atoms with Crippen molar-refractivity contribution in [3.63, 3.8) is 0 Å². The molecule has 0 fully saturated rings. The van der Waals surface area contributed by atoms with Gasteiger partial charge in [-0.05, 0) is 36.3 Å². The van der Waals surface area contributed by atoms with Crippen molar-refractivity contribution in [1.82, 2.24) is 19.1 Å². The quantitative estimate of drug-likeness (QED) is 0.547. The summed E-state index contributed by atoms with van der Waals surface area (Å²) in [5, 5.41) is 0. The van der Waals surface area contributed by atoms with E-state index in [1.807, 2.05) is 27.7 Å². The first-order valence-corrected chi connectivity index (χ1v) is 12.4. The highest BCUT2D eigenvalue weighted by Crippen LogP contribution is 2.35. The summed E-state index contributed by atoms with van der Waals surface area (Å²) in [4.78, 5) is 47.7. The van der Waals surface area contributed by atoms with Crippen LogP contribution in [0.5, 0.6) is 0 Å². The van der Waals surface area contributed by atoms with E-state index in [0.717, 1.165) is 24.9 Å². The number of hydrogen-bond donors (Lipinski definition) is 1. The Morgan fingerprint density at radius 2 is 1.97 bits per heavy atom. The number of benzene rings is 1. The fraction of sp³-hybridized carbons (Fsp3) is 0.538. The van der Waals surface area contributed by atoms with Crippen LogP contribution in [0.15, 0.2) is 33.9 Å². The lowest BCUT2D eigenvalue weighted by molar-refractivity contribution is -0.118. The average molecular weight is 466 g/mol. The zero-order valence-electron chi connectivity index (χ0n) is 20.6. The SMILES string of the molecule is CCCCn1c(=O)[nH]c(=O)c2c1nc(CCC(=O)N1CCC(C)c3ccccc31)n2CC(C)C. The molecule has 182 valence electrons. The topological polar surface area (TPSA) is 93.0 Å². The van der Waals surface area contributed by atoms with E-state index in [1.165, 1.54) is 5.56 Å². The number of nitrogens with one attached hydrogen (secondary N) is 1. The zero-order chi connectivity index (χ0) is 24.4. The average Bonchev–Trinajstić information content (AvgIpc) is 3.15. The molecule has 0 radical (unpaired) electrons. The summed E-state index contributed by atoms with van der Waals surface area (Å²) >= 11 is 0. The van der Waals surface area contributed by atoms with Gasteiger partial charge < -0.3 is 9.47 Å². The van der Waals surface area contributed by atoms with Crippen molar-refractivity contribution < 1.29 is 4.79 Å². The Bertz CT molecular complexity index is 1300. The van der Waals surface area contributed by atoms with Crippen molar-refractivity contribution in [2.45, 2.75) is 78.8 Å². The van der Waals surface area contributed by atoms with Crippen LogP contribution < -0.4 is 16.1 Å². The molecule has 3 heterocycles. The number of carbonyl (C=O) groups is 1.